The third kappa shape index (κ3) is 6.55. The van der Waals surface area contributed by atoms with E-state index in [1.165, 1.54) is 29.9 Å². The van der Waals surface area contributed by atoms with Gasteiger partial charge in [-0.05, 0) is 24.1 Å². The van der Waals surface area contributed by atoms with Crippen molar-refractivity contribution >= 4 is 35.3 Å². The topological polar surface area (TPSA) is 169 Å². The van der Waals surface area contributed by atoms with E-state index in [1.54, 1.807) is 6.07 Å². The number of primary amides is 1. The van der Waals surface area contributed by atoms with Gasteiger partial charge in [0.2, 0.25) is 17.7 Å². The van der Waals surface area contributed by atoms with Gasteiger partial charge in [-0.15, -0.1) is 5.10 Å². The van der Waals surface area contributed by atoms with E-state index >= 15 is 0 Å². The summed E-state index contributed by atoms with van der Waals surface area (Å²) in [5, 5.41) is 22.3. The number of halogens is 1. The first-order valence-corrected chi connectivity index (χ1v) is 9.28. The number of amides is 3. The van der Waals surface area contributed by atoms with Crippen LogP contribution in [0.5, 0.6) is 0 Å². The summed E-state index contributed by atoms with van der Waals surface area (Å²) in [6.45, 7) is 1.54. The van der Waals surface area contributed by atoms with Gasteiger partial charge in [0.25, 0.3) is 0 Å². The van der Waals surface area contributed by atoms with Crippen LogP contribution >= 0.6 is 11.6 Å². The number of aromatic carboxylic acids is 1. The van der Waals surface area contributed by atoms with Crippen molar-refractivity contribution in [1.29, 1.82) is 0 Å². The predicted molar refractivity (Wildman–Crippen MR) is 105 cm³/mol. The summed E-state index contributed by atoms with van der Waals surface area (Å²) in [6.07, 6.45) is 1.53. The number of carboxylic acid groups (broad SMARTS) is 1. The second-order valence-corrected chi connectivity index (χ2v) is 6.86. The normalized spacial score (nSPS) is 11.5. The SMILES string of the molecule is CC(=O)NCc1cn([C@H](CCC(N)=O)C(=O)NCc2ccc(Cl)c(C(=O)O)c2)nn1. The van der Waals surface area contributed by atoms with Gasteiger partial charge in [0.15, 0.2) is 0 Å². The zero-order valence-electron chi connectivity index (χ0n) is 16.1. The largest absolute Gasteiger partial charge is 0.478 e. The Balaban J connectivity index is 2.12. The lowest BCUT2D eigenvalue weighted by molar-refractivity contribution is -0.125. The summed E-state index contributed by atoms with van der Waals surface area (Å²) in [5.74, 6) is -2.45. The van der Waals surface area contributed by atoms with E-state index in [2.05, 4.69) is 20.9 Å². The second kappa shape index (κ2) is 10.3. The maximum Gasteiger partial charge on any atom is 0.337 e. The molecule has 1 atom stereocenters. The molecule has 3 amide bonds. The van der Waals surface area contributed by atoms with Gasteiger partial charge in [0, 0.05) is 19.9 Å². The highest BCUT2D eigenvalue weighted by molar-refractivity contribution is 6.33. The Bertz CT molecular complexity index is 960. The molecule has 1 aromatic heterocycles. The van der Waals surface area contributed by atoms with E-state index in [1.807, 2.05) is 0 Å². The lowest BCUT2D eigenvalue weighted by atomic mass is 10.1. The molecule has 0 unspecified atom stereocenters. The number of rotatable bonds is 10. The molecule has 12 heteroatoms. The third-order valence-corrected chi connectivity index (χ3v) is 4.42. The minimum absolute atomic E-state index is 0.0385. The van der Waals surface area contributed by atoms with Crippen molar-refractivity contribution in [3.05, 3.63) is 46.2 Å². The molecule has 1 heterocycles. The highest BCUT2D eigenvalue weighted by Gasteiger charge is 2.23. The van der Waals surface area contributed by atoms with Crippen molar-refractivity contribution in [3.63, 3.8) is 0 Å². The van der Waals surface area contributed by atoms with E-state index in [9.17, 15) is 19.2 Å². The van der Waals surface area contributed by atoms with E-state index in [-0.39, 0.29) is 42.4 Å². The maximum absolute atomic E-state index is 12.7. The van der Waals surface area contributed by atoms with Gasteiger partial charge >= 0.3 is 5.97 Å². The van der Waals surface area contributed by atoms with Crippen LogP contribution in [0.15, 0.2) is 24.4 Å². The lowest BCUT2D eigenvalue weighted by Crippen LogP contribution is -2.33. The first-order valence-electron chi connectivity index (χ1n) is 8.90. The van der Waals surface area contributed by atoms with Crippen molar-refractivity contribution < 1.29 is 24.3 Å². The van der Waals surface area contributed by atoms with Crippen LogP contribution in [0.25, 0.3) is 0 Å². The molecule has 0 fully saturated rings. The molecule has 2 aromatic rings. The zero-order valence-corrected chi connectivity index (χ0v) is 16.8. The van der Waals surface area contributed by atoms with E-state index < -0.39 is 23.8 Å². The van der Waals surface area contributed by atoms with Crippen LogP contribution < -0.4 is 16.4 Å². The molecule has 0 aliphatic heterocycles. The summed E-state index contributed by atoms with van der Waals surface area (Å²) in [5.41, 5.74) is 6.09. The number of hydrogen-bond donors (Lipinski definition) is 4. The number of benzene rings is 1. The molecule has 0 radical (unpaired) electrons. The lowest BCUT2D eigenvalue weighted by Gasteiger charge is -2.16. The quantitative estimate of drug-likeness (QED) is 0.417. The molecule has 0 aliphatic rings. The summed E-state index contributed by atoms with van der Waals surface area (Å²) in [7, 11) is 0. The van der Waals surface area contributed by atoms with Crippen LogP contribution in [-0.2, 0) is 27.5 Å². The second-order valence-electron chi connectivity index (χ2n) is 6.46. The van der Waals surface area contributed by atoms with Gasteiger partial charge < -0.3 is 21.5 Å². The summed E-state index contributed by atoms with van der Waals surface area (Å²) in [4.78, 5) is 46.1. The molecule has 160 valence electrons. The molecule has 30 heavy (non-hydrogen) atoms. The Morgan fingerprint density at radius 1 is 1.23 bits per heavy atom. The Kier molecular flexibility index (Phi) is 7.87. The molecule has 0 saturated heterocycles. The fraction of sp³-hybridized carbons (Fsp3) is 0.333. The van der Waals surface area contributed by atoms with Crippen LogP contribution in [0, 0.1) is 0 Å². The minimum atomic E-state index is -1.18. The van der Waals surface area contributed by atoms with Gasteiger partial charge in [0.1, 0.15) is 11.7 Å². The molecular weight excluding hydrogens is 416 g/mol. The van der Waals surface area contributed by atoms with Gasteiger partial charge in [-0.25, -0.2) is 9.48 Å². The van der Waals surface area contributed by atoms with Crippen molar-refractivity contribution in [2.75, 3.05) is 0 Å². The van der Waals surface area contributed by atoms with Crippen molar-refractivity contribution in [3.8, 4) is 0 Å². The molecule has 0 aliphatic carbocycles. The summed E-state index contributed by atoms with van der Waals surface area (Å²) >= 11 is 5.85. The minimum Gasteiger partial charge on any atom is -0.478 e. The van der Waals surface area contributed by atoms with Gasteiger partial charge in [-0.2, -0.15) is 0 Å². The number of aromatic nitrogens is 3. The van der Waals surface area contributed by atoms with Gasteiger partial charge in [-0.3, -0.25) is 14.4 Å². The van der Waals surface area contributed by atoms with Crippen molar-refractivity contribution in [2.45, 2.75) is 38.9 Å². The molecule has 0 bridgehead atoms. The number of nitrogens with zero attached hydrogens (tertiary/aromatic N) is 3. The molecule has 0 saturated carbocycles. The Morgan fingerprint density at radius 2 is 1.97 bits per heavy atom. The van der Waals surface area contributed by atoms with Crippen LogP contribution in [0.2, 0.25) is 5.02 Å². The highest BCUT2D eigenvalue weighted by Crippen LogP contribution is 2.18. The number of nitrogens with one attached hydrogen (secondary N) is 2. The van der Waals surface area contributed by atoms with E-state index in [0.717, 1.165) is 0 Å². The zero-order chi connectivity index (χ0) is 22.3. The Labute approximate surface area is 176 Å². The van der Waals surface area contributed by atoms with Crippen molar-refractivity contribution in [1.82, 2.24) is 25.6 Å². The summed E-state index contributed by atoms with van der Waals surface area (Å²) in [6, 6.07) is 3.52. The van der Waals surface area contributed by atoms with Crippen LogP contribution in [-0.4, -0.2) is 43.8 Å². The smallest absolute Gasteiger partial charge is 0.337 e. The van der Waals surface area contributed by atoms with E-state index in [4.69, 9.17) is 22.4 Å². The standard InChI is InChI=1S/C18H21ClN6O5/c1-10(26)21-8-12-9-25(24-23-12)15(4-5-16(20)27)17(28)22-7-11-2-3-14(19)13(6-11)18(29)30/h2-3,6,9,15H,4-5,7-8H2,1H3,(H2,20,27)(H,21,26)(H,22,28)(H,29,30)/t15-/m1/s1. The van der Waals surface area contributed by atoms with Gasteiger partial charge in [0.05, 0.1) is 23.3 Å². The average molecular weight is 437 g/mol. The van der Waals surface area contributed by atoms with Crippen LogP contribution in [0.3, 0.4) is 0 Å². The maximum atomic E-state index is 12.7. The first-order chi connectivity index (χ1) is 14.2. The van der Waals surface area contributed by atoms with Crippen molar-refractivity contribution in [2.24, 2.45) is 5.73 Å². The first kappa shape index (κ1) is 22.8. The molecule has 1 aromatic carbocycles. The molecule has 11 nitrogen and oxygen atoms in total. The highest BCUT2D eigenvalue weighted by atomic mass is 35.5. The molecule has 0 spiro atoms. The predicted octanol–water partition coefficient (Wildman–Crippen LogP) is 0.389. The van der Waals surface area contributed by atoms with Gasteiger partial charge in [-0.1, -0.05) is 22.9 Å². The Hall–Kier alpha value is -3.47. The number of carbonyl (C=O) groups is 4. The number of carbonyl (C=O) groups excluding carboxylic acids is 3. The molecule has 5 N–H and O–H groups in total. The fourth-order valence-corrected chi connectivity index (χ4v) is 2.78. The number of nitrogens with two attached hydrogens (primary N) is 1. The molecular formula is C18H21ClN6O5. The van der Waals surface area contributed by atoms with Crippen LogP contribution in [0.1, 0.15) is 47.4 Å². The fourth-order valence-electron chi connectivity index (χ4n) is 2.58. The Morgan fingerprint density at radius 3 is 2.60 bits per heavy atom. The monoisotopic (exact) mass is 436 g/mol. The average Bonchev–Trinajstić information content (AvgIpc) is 3.14. The number of carboxylic acids is 1. The van der Waals surface area contributed by atoms with Crippen LogP contribution in [0.4, 0.5) is 0 Å². The van der Waals surface area contributed by atoms with E-state index in [0.29, 0.717) is 11.3 Å². The third-order valence-electron chi connectivity index (χ3n) is 4.09. The number of hydrogen-bond acceptors (Lipinski definition) is 6. The molecule has 2 rings (SSSR count). The summed E-state index contributed by atoms with van der Waals surface area (Å²) < 4.78 is 1.29.